The van der Waals surface area contributed by atoms with Crippen LogP contribution in [-0.4, -0.2) is 23.7 Å². The summed E-state index contributed by atoms with van der Waals surface area (Å²) in [6, 6.07) is 15.5. The molecule has 0 bridgehead atoms. The monoisotopic (exact) mass is 285 g/mol. The molecule has 21 heavy (non-hydrogen) atoms. The van der Waals surface area contributed by atoms with Gasteiger partial charge in [-0.2, -0.15) is 0 Å². The van der Waals surface area contributed by atoms with E-state index in [1.54, 1.807) is 0 Å². The summed E-state index contributed by atoms with van der Waals surface area (Å²) >= 11 is 0. The first kappa shape index (κ1) is 15.1. The van der Waals surface area contributed by atoms with Crippen molar-refractivity contribution in [1.29, 1.82) is 0 Å². The molecule has 0 spiro atoms. The van der Waals surface area contributed by atoms with Crippen molar-refractivity contribution < 1.29 is 14.6 Å². The highest BCUT2D eigenvalue weighted by Crippen LogP contribution is 2.23. The predicted octanol–water partition coefficient (Wildman–Crippen LogP) is 2.84. The van der Waals surface area contributed by atoms with Gasteiger partial charge in [-0.25, -0.2) is 0 Å². The third kappa shape index (κ3) is 4.61. The quantitative estimate of drug-likeness (QED) is 0.856. The summed E-state index contributed by atoms with van der Waals surface area (Å²) in [7, 11) is 0. The van der Waals surface area contributed by atoms with Gasteiger partial charge in [0.2, 0.25) is 0 Å². The summed E-state index contributed by atoms with van der Waals surface area (Å²) in [6.07, 6.45) is -0.0959. The SMILES string of the molecule is Cc1cccc(-c2ccc(OCC(N)CC(=O)O)cc2)c1. The molecule has 110 valence electrons. The highest BCUT2D eigenvalue weighted by Gasteiger charge is 2.08. The van der Waals surface area contributed by atoms with Gasteiger partial charge in [0.1, 0.15) is 12.4 Å². The van der Waals surface area contributed by atoms with Crippen LogP contribution < -0.4 is 10.5 Å². The van der Waals surface area contributed by atoms with E-state index in [-0.39, 0.29) is 13.0 Å². The third-order valence-corrected chi connectivity index (χ3v) is 3.11. The Morgan fingerprint density at radius 1 is 1.19 bits per heavy atom. The summed E-state index contributed by atoms with van der Waals surface area (Å²) < 4.78 is 5.49. The number of carboxylic acids is 1. The molecule has 2 aromatic carbocycles. The van der Waals surface area contributed by atoms with Gasteiger partial charge in [-0.05, 0) is 30.2 Å². The summed E-state index contributed by atoms with van der Waals surface area (Å²) in [5.41, 5.74) is 9.14. The second-order valence-electron chi connectivity index (χ2n) is 5.06. The molecule has 2 rings (SSSR count). The van der Waals surface area contributed by atoms with Crippen LogP contribution in [0.4, 0.5) is 0 Å². The van der Waals surface area contributed by atoms with Gasteiger partial charge in [0.15, 0.2) is 0 Å². The number of aryl methyl sites for hydroxylation is 1. The maximum Gasteiger partial charge on any atom is 0.305 e. The Bertz CT molecular complexity index is 608. The van der Waals surface area contributed by atoms with E-state index in [1.165, 1.54) is 5.56 Å². The minimum Gasteiger partial charge on any atom is -0.492 e. The van der Waals surface area contributed by atoms with E-state index in [4.69, 9.17) is 15.6 Å². The molecule has 3 N–H and O–H groups in total. The topological polar surface area (TPSA) is 72.5 Å². The number of carboxylic acid groups (broad SMARTS) is 1. The molecule has 0 radical (unpaired) electrons. The first-order valence-corrected chi connectivity index (χ1v) is 6.82. The van der Waals surface area contributed by atoms with Crippen molar-refractivity contribution in [1.82, 2.24) is 0 Å². The van der Waals surface area contributed by atoms with Gasteiger partial charge in [0.25, 0.3) is 0 Å². The Morgan fingerprint density at radius 2 is 1.90 bits per heavy atom. The molecule has 4 heteroatoms. The highest BCUT2D eigenvalue weighted by atomic mass is 16.5. The van der Waals surface area contributed by atoms with Crippen LogP contribution in [0.2, 0.25) is 0 Å². The zero-order valence-electron chi connectivity index (χ0n) is 12.0. The number of aliphatic carboxylic acids is 1. The minimum absolute atomic E-state index is 0.0959. The van der Waals surface area contributed by atoms with E-state index in [0.29, 0.717) is 5.75 Å². The van der Waals surface area contributed by atoms with E-state index < -0.39 is 12.0 Å². The first-order valence-electron chi connectivity index (χ1n) is 6.82. The fraction of sp³-hybridized carbons (Fsp3) is 0.235. The van der Waals surface area contributed by atoms with Gasteiger partial charge in [-0.15, -0.1) is 0 Å². The number of carbonyl (C=O) groups is 1. The normalized spacial score (nSPS) is 11.9. The molecule has 4 nitrogen and oxygen atoms in total. The van der Waals surface area contributed by atoms with Crippen molar-refractivity contribution in [2.45, 2.75) is 19.4 Å². The number of nitrogens with two attached hydrogens (primary N) is 1. The largest absolute Gasteiger partial charge is 0.492 e. The van der Waals surface area contributed by atoms with Gasteiger partial charge in [0, 0.05) is 6.04 Å². The average molecular weight is 285 g/mol. The molecule has 0 aliphatic carbocycles. The van der Waals surface area contributed by atoms with Gasteiger partial charge in [-0.3, -0.25) is 4.79 Å². The predicted molar refractivity (Wildman–Crippen MR) is 82.3 cm³/mol. The van der Waals surface area contributed by atoms with E-state index in [0.717, 1.165) is 11.1 Å². The second-order valence-corrected chi connectivity index (χ2v) is 5.06. The van der Waals surface area contributed by atoms with Crippen LogP contribution in [-0.2, 0) is 4.79 Å². The van der Waals surface area contributed by atoms with Crippen LogP contribution >= 0.6 is 0 Å². The summed E-state index contributed by atoms with van der Waals surface area (Å²) in [5.74, 6) is -0.229. The lowest BCUT2D eigenvalue weighted by Crippen LogP contribution is -2.30. The fourth-order valence-corrected chi connectivity index (χ4v) is 2.05. The van der Waals surface area contributed by atoms with Crippen LogP contribution in [0.3, 0.4) is 0 Å². The molecule has 0 fully saturated rings. The zero-order chi connectivity index (χ0) is 15.2. The van der Waals surface area contributed by atoms with Crippen LogP contribution in [0.1, 0.15) is 12.0 Å². The Kier molecular flexibility index (Phi) is 4.95. The Morgan fingerprint density at radius 3 is 2.52 bits per heavy atom. The molecule has 0 aromatic heterocycles. The third-order valence-electron chi connectivity index (χ3n) is 3.11. The molecule has 1 atom stereocenters. The van der Waals surface area contributed by atoms with Crippen molar-refractivity contribution in [3.05, 3.63) is 54.1 Å². The number of rotatable bonds is 6. The maximum absolute atomic E-state index is 10.5. The lowest BCUT2D eigenvalue weighted by Gasteiger charge is -2.11. The molecule has 0 saturated heterocycles. The van der Waals surface area contributed by atoms with Crippen molar-refractivity contribution in [2.75, 3.05) is 6.61 Å². The van der Waals surface area contributed by atoms with Crippen molar-refractivity contribution in [3.63, 3.8) is 0 Å². The van der Waals surface area contributed by atoms with E-state index in [9.17, 15) is 4.79 Å². The number of hydrogen-bond donors (Lipinski definition) is 2. The van der Waals surface area contributed by atoms with Crippen LogP contribution in [0.25, 0.3) is 11.1 Å². The van der Waals surface area contributed by atoms with E-state index in [1.807, 2.05) is 30.3 Å². The van der Waals surface area contributed by atoms with Crippen molar-refractivity contribution >= 4 is 5.97 Å². The fourth-order valence-electron chi connectivity index (χ4n) is 2.05. The lowest BCUT2D eigenvalue weighted by atomic mass is 10.0. The molecule has 0 aliphatic rings. The second kappa shape index (κ2) is 6.90. The Labute approximate surface area is 124 Å². The molecule has 2 aromatic rings. The number of hydrogen-bond acceptors (Lipinski definition) is 3. The van der Waals surface area contributed by atoms with Crippen LogP contribution in [0.15, 0.2) is 48.5 Å². The molecular formula is C17H19NO3. The minimum atomic E-state index is -0.916. The molecule has 0 amide bonds. The van der Waals surface area contributed by atoms with Crippen molar-refractivity contribution in [3.8, 4) is 16.9 Å². The number of ether oxygens (including phenoxy) is 1. The van der Waals surface area contributed by atoms with Gasteiger partial charge in [-0.1, -0.05) is 42.0 Å². The Balaban J connectivity index is 1.97. The maximum atomic E-state index is 10.5. The summed E-state index contributed by atoms with van der Waals surface area (Å²) in [5, 5.41) is 8.63. The molecular weight excluding hydrogens is 266 g/mol. The van der Waals surface area contributed by atoms with Gasteiger partial charge >= 0.3 is 5.97 Å². The van der Waals surface area contributed by atoms with Gasteiger partial charge in [0.05, 0.1) is 6.42 Å². The zero-order valence-corrected chi connectivity index (χ0v) is 12.0. The average Bonchev–Trinajstić information content (AvgIpc) is 2.45. The standard InChI is InChI=1S/C17H19NO3/c1-12-3-2-4-14(9-12)13-5-7-16(8-6-13)21-11-15(18)10-17(19)20/h2-9,15H,10-11,18H2,1H3,(H,19,20). The smallest absolute Gasteiger partial charge is 0.305 e. The Hall–Kier alpha value is -2.33. The van der Waals surface area contributed by atoms with Crippen molar-refractivity contribution in [2.24, 2.45) is 5.73 Å². The lowest BCUT2D eigenvalue weighted by molar-refractivity contribution is -0.137. The van der Waals surface area contributed by atoms with Gasteiger partial charge < -0.3 is 15.6 Å². The van der Waals surface area contributed by atoms with E-state index in [2.05, 4.69) is 25.1 Å². The summed E-state index contributed by atoms with van der Waals surface area (Å²) in [6.45, 7) is 2.25. The van der Waals surface area contributed by atoms with Crippen LogP contribution in [0, 0.1) is 6.92 Å². The number of benzene rings is 2. The molecule has 0 heterocycles. The molecule has 0 aliphatic heterocycles. The first-order chi connectivity index (χ1) is 10.0. The summed E-state index contributed by atoms with van der Waals surface area (Å²) in [4.78, 5) is 10.5. The highest BCUT2D eigenvalue weighted by molar-refractivity contribution is 5.67. The van der Waals surface area contributed by atoms with Crippen LogP contribution in [0.5, 0.6) is 5.75 Å². The molecule has 1 unspecified atom stereocenters. The van der Waals surface area contributed by atoms with E-state index >= 15 is 0 Å². The molecule has 0 saturated carbocycles.